The number of rotatable bonds is 6. The first-order valence-electron chi connectivity index (χ1n) is 5.35. The third-order valence-electron chi connectivity index (χ3n) is 2.40. The highest BCUT2D eigenvalue weighted by Gasteiger charge is 2.18. The van der Waals surface area contributed by atoms with Crippen molar-refractivity contribution in [3.63, 3.8) is 0 Å². The molecule has 0 amide bonds. The van der Waals surface area contributed by atoms with E-state index in [1.54, 1.807) is 32.2 Å². The molecule has 0 aromatic heterocycles. The molecule has 0 heterocycles. The topological polar surface area (TPSA) is 61.7 Å². The van der Waals surface area contributed by atoms with Gasteiger partial charge in [-0.3, -0.25) is 0 Å². The van der Waals surface area contributed by atoms with Crippen LogP contribution >= 0.6 is 11.6 Å². The van der Waals surface area contributed by atoms with Crippen LogP contribution < -0.4 is 10.1 Å². The molecule has 0 saturated carbocycles. The minimum atomic E-state index is -1.12. The van der Waals surface area contributed by atoms with Gasteiger partial charge in [0.05, 0.1) is 19.3 Å². The Hall–Kier alpha value is -0.810. The molecule has 1 rings (SSSR count). The fourth-order valence-corrected chi connectivity index (χ4v) is 1.60. The molecule has 96 valence electrons. The molecule has 0 bridgehead atoms. The molecule has 5 heteroatoms. The van der Waals surface area contributed by atoms with E-state index in [-0.39, 0.29) is 6.61 Å². The van der Waals surface area contributed by atoms with Gasteiger partial charge in [0.1, 0.15) is 5.75 Å². The molecule has 0 aliphatic carbocycles. The second kappa shape index (κ2) is 6.21. The Labute approximate surface area is 106 Å². The predicted molar refractivity (Wildman–Crippen MR) is 67.4 cm³/mol. The fourth-order valence-electron chi connectivity index (χ4n) is 1.41. The van der Waals surface area contributed by atoms with Crippen LogP contribution in [-0.4, -0.2) is 36.1 Å². The number of hydrogen-bond donors (Lipinski definition) is 3. The van der Waals surface area contributed by atoms with E-state index in [9.17, 15) is 5.11 Å². The molecule has 1 aromatic rings. The number of aliphatic hydroxyl groups excluding tert-OH is 1. The monoisotopic (exact) mass is 259 g/mol. The second-order valence-electron chi connectivity index (χ2n) is 4.21. The number of aliphatic hydroxyl groups is 2. The van der Waals surface area contributed by atoms with Gasteiger partial charge in [-0.1, -0.05) is 11.6 Å². The van der Waals surface area contributed by atoms with E-state index in [1.165, 1.54) is 0 Å². The van der Waals surface area contributed by atoms with Gasteiger partial charge in [0.15, 0.2) is 0 Å². The van der Waals surface area contributed by atoms with E-state index in [1.807, 2.05) is 0 Å². The molecule has 17 heavy (non-hydrogen) atoms. The van der Waals surface area contributed by atoms with Crippen molar-refractivity contribution in [1.29, 1.82) is 0 Å². The molecule has 1 atom stereocenters. The van der Waals surface area contributed by atoms with Gasteiger partial charge in [-0.15, -0.1) is 0 Å². The summed E-state index contributed by atoms with van der Waals surface area (Å²) in [5, 5.41) is 22.2. The molecule has 4 nitrogen and oxygen atoms in total. The number of benzene rings is 1. The van der Waals surface area contributed by atoms with Gasteiger partial charge < -0.3 is 20.3 Å². The van der Waals surface area contributed by atoms with Crippen LogP contribution in [0.5, 0.6) is 5.75 Å². The zero-order valence-electron chi connectivity index (χ0n) is 10.0. The highest BCUT2D eigenvalue weighted by atomic mass is 35.5. The minimum absolute atomic E-state index is 0.285. The van der Waals surface area contributed by atoms with Crippen LogP contribution in [0.3, 0.4) is 0 Å². The molecule has 1 aromatic carbocycles. The Morgan fingerprint density at radius 1 is 1.47 bits per heavy atom. The maximum absolute atomic E-state index is 9.61. The maximum Gasteiger partial charge on any atom is 0.123 e. The van der Waals surface area contributed by atoms with Crippen LogP contribution in [0.1, 0.15) is 12.5 Å². The van der Waals surface area contributed by atoms with Crippen LogP contribution in [0, 0.1) is 0 Å². The average molecular weight is 260 g/mol. The molecular weight excluding hydrogens is 242 g/mol. The summed E-state index contributed by atoms with van der Waals surface area (Å²) in [6.07, 6.45) is 0. The number of ether oxygens (including phenoxy) is 1. The van der Waals surface area contributed by atoms with Crippen molar-refractivity contribution in [1.82, 2.24) is 5.32 Å². The van der Waals surface area contributed by atoms with E-state index in [0.717, 1.165) is 11.3 Å². The summed E-state index contributed by atoms with van der Waals surface area (Å²) in [4.78, 5) is 0. The first-order chi connectivity index (χ1) is 7.98. The Morgan fingerprint density at radius 3 is 2.76 bits per heavy atom. The molecule has 0 radical (unpaired) electrons. The van der Waals surface area contributed by atoms with Crippen LogP contribution in [0.4, 0.5) is 0 Å². The number of halogens is 1. The summed E-state index contributed by atoms with van der Waals surface area (Å²) >= 11 is 5.90. The van der Waals surface area contributed by atoms with E-state index in [0.29, 0.717) is 18.1 Å². The summed E-state index contributed by atoms with van der Waals surface area (Å²) in [6.45, 7) is 2.08. The van der Waals surface area contributed by atoms with Crippen molar-refractivity contribution in [2.75, 3.05) is 20.3 Å². The zero-order chi connectivity index (χ0) is 12.9. The summed E-state index contributed by atoms with van der Waals surface area (Å²) in [5.41, 5.74) is -0.208. The number of hydrogen-bond acceptors (Lipinski definition) is 4. The lowest BCUT2D eigenvalue weighted by atomic mass is 10.1. The molecule has 1 unspecified atom stereocenters. The highest BCUT2D eigenvalue weighted by Crippen LogP contribution is 2.22. The van der Waals surface area contributed by atoms with Gasteiger partial charge in [-0.05, 0) is 25.1 Å². The largest absolute Gasteiger partial charge is 0.496 e. The molecular formula is C12H18ClNO3. The molecule has 0 aliphatic rings. The van der Waals surface area contributed by atoms with Crippen LogP contribution in [-0.2, 0) is 6.54 Å². The Bertz CT molecular complexity index is 369. The lowest BCUT2D eigenvalue weighted by Crippen LogP contribution is -2.40. The van der Waals surface area contributed by atoms with Crippen molar-refractivity contribution in [2.45, 2.75) is 19.1 Å². The molecule has 0 aliphatic heterocycles. The quantitative estimate of drug-likeness (QED) is 0.718. The fraction of sp³-hybridized carbons (Fsp3) is 0.500. The highest BCUT2D eigenvalue weighted by molar-refractivity contribution is 6.30. The summed E-state index contributed by atoms with van der Waals surface area (Å²) in [5.74, 6) is 0.741. The van der Waals surface area contributed by atoms with Crippen molar-refractivity contribution in [2.24, 2.45) is 0 Å². The summed E-state index contributed by atoms with van der Waals surface area (Å²) in [6, 6.07) is 5.36. The first kappa shape index (κ1) is 14.3. The average Bonchev–Trinajstić information content (AvgIpc) is 2.29. The third-order valence-corrected chi connectivity index (χ3v) is 2.64. The molecule has 0 spiro atoms. The van der Waals surface area contributed by atoms with E-state index < -0.39 is 5.60 Å². The van der Waals surface area contributed by atoms with Crippen LogP contribution in [0.25, 0.3) is 0 Å². The van der Waals surface area contributed by atoms with Gasteiger partial charge >= 0.3 is 0 Å². The smallest absolute Gasteiger partial charge is 0.123 e. The SMILES string of the molecule is COc1ccc(Cl)cc1CNCC(C)(O)CO. The first-order valence-corrected chi connectivity index (χ1v) is 5.72. The normalized spacial score (nSPS) is 14.4. The standard InChI is InChI=1S/C12H18ClNO3/c1-12(16,8-15)7-14-6-9-5-10(13)3-4-11(9)17-2/h3-5,14-16H,6-8H2,1-2H3. The molecule has 0 saturated heterocycles. The van der Waals surface area contributed by atoms with E-state index >= 15 is 0 Å². The zero-order valence-corrected chi connectivity index (χ0v) is 10.8. The number of nitrogens with one attached hydrogen (secondary N) is 1. The summed E-state index contributed by atoms with van der Waals surface area (Å²) in [7, 11) is 1.59. The van der Waals surface area contributed by atoms with Gasteiger partial charge in [0.2, 0.25) is 0 Å². The van der Waals surface area contributed by atoms with Crippen LogP contribution in [0.2, 0.25) is 5.02 Å². The minimum Gasteiger partial charge on any atom is -0.496 e. The lowest BCUT2D eigenvalue weighted by Gasteiger charge is -2.21. The van der Waals surface area contributed by atoms with Crippen molar-refractivity contribution >= 4 is 11.6 Å². The van der Waals surface area contributed by atoms with E-state index in [4.69, 9.17) is 21.4 Å². The van der Waals surface area contributed by atoms with Gasteiger partial charge in [0.25, 0.3) is 0 Å². The second-order valence-corrected chi connectivity index (χ2v) is 4.65. The molecule has 0 fully saturated rings. The van der Waals surface area contributed by atoms with Crippen LogP contribution in [0.15, 0.2) is 18.2 Å². The Balaban J connectivity index is 2.59. The maximum atomic E-state index is 9.61. The predicted octanol–water partition coefficient (Wildman–Crippen LogP) is 1.18. The van der Waals surface area contributed by atoms with Gasteiger partial charge in [-0.25, -0.2) is 0 Å². The number of methoxy groups -OCH3 is 1. The van der Waals surface area contributed by atoms with Gasteiger partial charge in [-0.2, -0.15) is 0 Å². The summed E-state index contributed by atoms with van der Waals surface area (Å²) < 4.78 is 5.20. The van der Waals surface area contributed by atoms with Crippen molar-refractivity contribution in [3.05, 3.63) is 28.8 Å². The molecule has 3 N–H and O–H groups in total. The Morgan fingerprint density at radius 2 is 2.18 bits per heavy atom. The van der Waals surface area contributed by atoms with E-state index in [2.05, 4.69) is 5.32 Å². The third kappa shape index (κ3) is 4.52. The Kier molecular flexibility index (Phi) is 5.21. The van der Waals surface area contributed by atoms with Gasteiger partial charge in [0, 0.05) is 23.7 Å². The van der Waals surface area contributed by atoms with Crippen molar-refractivity contribution in [3.8, 4) is 5.75 Å². The van der Waals surface area contributed by atoms with Crippen molar-refractivity contribution < 1.29 is 14.9 Å². The lowest BCUT2D eigenvalue weighted by molar-refractivity contribution is 0.00251.